The molecular weight excluding hydrogens is 430 g/mol. The number of hydrogen-bond donors (Lipinski definition) is 2. The molecule has 0 atom stereocenters. The van der Waals surface area contributed by atoms with Crippen LogP contribution in [0.3, 0.4) is 0 Å². The Morgan fingerprint density at radius 1 is 1.03 bits per heavy atom. The summed E-state index contributed by atoms with van der Waals surface area (Å²) in [4.78, 5) is 32.8. The molecule has 0 saturated heterocycles. The summed E-state index contributed by atoms with van der Waals surface area (Å²) < 4.78 is 7.73. The van der Waals surface area contributed by atoms with Crippen LogP contribution in [-0.4, -0.2) is 26.2 Å². The summed E-state index contributed by atoms with van der Waals surface area (Å²) in [5, 5.41) is 6.06. The van der Waals surface area contributed by atoms with Crippen LogP contribution in [0.15, 0.2) is 67.1 Å². The van der Waals surface area contributed by atoms with Crippen LogP contribution in [0.25, 0.3) is 5.65 Å². The maximum absolute atomic E-state index is 12.4. The molecule has 1 fully saturated rings. The number of carbonyl (C=O) groups is 2. The van der Waals surface area contributed by atoms with Crippen LogP contribution in [0.4, 0.5) is 11.5 Å². The van der Waals surface area contributed by atoms with Crippen LogP contribution in [0.1, 0.15) is 23.3 Å². The van der Waals surface area contributed by atoms with Gasteiger partial charge in [-0.15, -0.1) is 0 Å². The highest BCUT2D eigenvalue weighted by molar-refractivity contribution is 6.30. The Labute approximate surface area is 188 Å². The molecule has 9 heteroatoms. The molecule has 32 heavy (non-hydrogen) atoms. The van der Waals surface area contributed by atoms with E-state index < -0.39 is 0 Å². The molecule has 4 aromatic rings. The third-order valence-electron chi connectivity index (χ3n) is 4.91. The number of amides is 2. The fourth-order valence-corrected chi connectivity index (χ4v) is 3.32. The Bertz CT molecular complexity index is 1330. The number of fused-ring (bicyclic) bond motifs is 1. The van der Waals surface area contributed by atoms with Gasteiger partial charge in [-0.25, -0.2) is 4.98 Å². The summed E-state index contributed by atoms with van der Waals surface area (Å²) in [5.74, 6) is 1.39. The number of nitrogens with one attached hydrogen (secondary N) is 2. The first-order valence-electron chi connectivity index (χ1n) is 10.0. The average molecular weight is 448 g/mol. The molecule has 0 bridgehead atoms. The van der Waals surface area contributed by atoms with Crippen LogP contribution in [0.5, 0.6) is 11.5 Å². The van der Waals surface area contributed by atoms with Crippen LogP contribution >= 0.6 is 11.6 Å². The summed E-state index contributed by atoms with van der Waals surface area (Å²) in [5.41, 5.74) is 1.47. The molecule has 2 amide bonds. The largest absolute Gasteiger partial charge is 0.456 e. The van der Waals surface area contributed by atoms with Crippen LogP contribution < -0.4 is 15.4 Å². The summed E-state index contributed by atoms with van der Waals surface area (Å²) in [6.07, 6.45) is 6.87. The number of ether oxygens (including phenoxy) is 1. The molecule has 0 spiro atoms. The molecular formula is C23H18ClN5O3. The Morgan fingerprint density at radius 3 is 2.72 bits per heavy atom. The zero-order valence-corrected chi connectivity index (χ0v) is 17.5. The lowest BCUT2D eigenvalue weighted by atomic mass is 10.2. The normalized spacial score (nSPS) is 13.0. The van der Waals surface area contributed by atoms with Crippen LogP contribution in [0.2, 0.25) is 5.02 Å². The summed E-state index contributed by atoms with van der Waals surface area (Å²) in [6.45, 7) is 0. The lowest BCUT2D eigenvalue weighted by Gasteiger charge is -2.09. The van der Waals surface area contributed by atoms with Crippen molar-refractivity contribution >= 4 is 40.6 Å². The van der Waals surface area contributed by atoms with E-state index in [4.69, 9.17) is 16.3 Å². The second kappa shape index (κ2) is 8.32. The van der Waals surface area contributed by atoms with Gasteiger partial charge >= 0.3 is 0 Å². The standard InChI is InChI=1S/C23H18ClN5O3/c24-15-8-9-25-19(10-15)23(31)26-16-2-1-3-17(11-16)32-18-6-7-21-27-20(13-29(21)12-18)28-22(30)14-4-5-14/h1-3,6-14H,4-5H2,(H,26,31)(H,28,30). The van der Waals surface area contributed by atoms with Gasteiger partial charge in [0.15, 0.2) is 5.82 Å². The zero-order valence-electron chi connectivity index (χ0n) is 16.8. The number of rotatable bonds is 6. The van der Waals surface area contributed by atoms with Crippen molar-refractivity contribution in [3.8, 4) is 11.5 Å². The van der Waals surface area contributed by atoms with Crippen LogP contribution in [0, 0.1) is 5.92 Å². The van der Waals surface area contributed by atoms with Crippen molar-refractivity contribution in [1.29, 1.82) is 0 Å². The number of hydrogen-bond acceptors (Lipinski definition) is 5. The van der Waals surface area contributed by atoms with E-state index in [1.165, 1.54) is 12.3 Å². The van der Waals surface area contributed by atoms with Gasteiger partial charge < -0.3 is 19.8 Å². The Kier molecular flexibility index (Phi) is 5.20. The lowest BCUT2D eigenvalue weighted by Crippen LogP contribution is -2.13. The second-order valence-corrected chi connectivity index (χ2v) is 7.90. The molecule has 0 aliphatic heterocycles. The van der Waals surface area contributed by atoms with E-state index in [9.17, 15) is 9.59 Å². The summed E-state index contributed by atoms with van der Waals surface area (Å²) >= 11 is 5.92. The minimum absolute atomic E-state index is 0.0108. The zero-order chi connectivity index (χ0) is 22.1. The maximum atomic E-state index is 12.4. The number of pyridine rings is 2. The van der Waals surface area contributed by atoms with Crippen molar-refractivity contribution in [2.24, 2.45) is 5.92 Å². The number of aromatic nitrogens is 3. The fraction of sp³-hybridized carbons (Fsp3) is 0.130. The van der Waals surface area contributed by atoms with E-state index in [0.717, 1.165) is 12.8 Å². The highest BCUT2D eigenvalue weighted by Crippen LogP contribution is 2.30. The Hall–Kier alpha value is -3.91. The molecule has 0 unspecified atom stereocenters. The first-order valence-corrected chi connectivity index (χ1v) is 10.4. The van der Waals surface area contributed by atoms with Gasteiger partial charge in [0.05, 0.1) is 12.4 Å². The second-order valence-electron chi connectivity index (χ2n) is 7.46. The molecule has 1 aliphatic carbocycles. The van der Waals surface area contributed by atoms with E-state index >= 15 is 0 Å². The summed E-state index contributed by atoms with van der Waals surface area (Å²) in [6, 6.07) is 13.7. The SMILES string of the molecule is O=C(Nc1cccc(Oc2ccc3nc(NC(=O)C4CC4)cn3c2)c1)c1cc(Cl)ccn1. The molecule has 1 saturated carbocycles. The lowest BCUT2D eigenvalue weighted by molar-refractivity contribution is -0.117. The third-order valence-corrected chi connectivity index (χ3v) is 5.14. The van der Waals surface area contributed by atoms with Gasteiger partial charge in [-0.05, 0) is 49.2 Å². The molecule has 3 heterocycles. The first-order chi connectivity index (χ1) is 15.5. The van der Waals surface area contributed by atoms with Gasteiger partial charge in [-0.2, -0.15) is 0 Å². The Balaban J connectivity index is 1.29. The number of halogens is 1. The van der Waals surface area contributed by atoms with E-state index in [0.29, 0.717) is 33.7 Å². The van der Waals surface area contributed by atoms with E-state index in [2.05, 4.69) is 20.6 Å². The number of carbonyl (C=O) groups excluding carboxylic acids is 2. The molecule has 5 rings (SSSR count). The van der Waals surface area contributed by atoms with Gasteiger partial charge in [0, 0.05) is 28.9 Å². The quantitative estimate of drug-likeness (QED) is 0.443. The van der Waals surface area contributed by atoms with Gasteiger partial charge in [0.25, 0.3) is 5.91 Å². The van der Waals surface area contributed by atoms with Crippen molar-refractivity contribution in [1.82, 2.24) is 14.4 Å². The summed E-state index contributed by atoms with van der Waals surface area (Å²) in [7, 11) is 0. The molecule has 160 valence electrons. The predicted molar refractivity (Wildman–Crippen MR) is 120 cm³/mol. The van der Waals surface area contributed by atoms with Gasteiger partial charge in [0.1, 0.15) is 22.8 Å². The predicted octanol–water partition coefficient (Wildman–Crippen LogP) is 4.78. The minimum atomic E-state index is -0.370. The Morgan fingerprint density at radius 2 is 1.91 bits per heavy atom. The van der Waals surface area contributed by atoms with Crippen molar-refractivity contribution in [2.45, 2.75) is 12.8 Å². The maximum Gasteiger partial charge on any atom is 0.274 e. The van der Waals surface area contributed by atoms with Crippen LogP contribution in [-0.2, 0) is 4.79 Å². The number of nitrogens with zero attached hydrogens (tertiary/aromatic N) is 3. The molecule has 0 radical (unpaired) electrons. The molecule has 3 aromatic heterocycles. The fourth-order valence-electron chi connectivity index (χ4n) is 3.16. The van der Waals surface area contributed by atoms with E-state index in [-0.39, 0.29) is 23.4 Å². The molecule has 8 nitrogen and oxygen atoms in total. The van der Waals surface area contributed by atoms with Crippen molar-refractivity contribution in [2.75, 3.05) is 10.6 Å². The monoisotopic (exact) mass is 447 g/mol. The number of anilines is 2. The number of imidazole rings is 1. The smallest absolute Gasteiger partial charge is 0.274 e. The average Bonchev–Trinajstić information content (AvgIpc) is 3.55. The van der Waals surface area contributed by atoms with Gasteiger partial charge in [0.2, 0.25) is 5.91 Å². The third kappa shape index (κ3) is 4.55. The van der Waals surface area contributed by atoms with E-state index in [1.807, 2.05) is 0 Å². The molecule has 1 aromatic carbocycles. The van der Waals surface area contributed by atoms with Crippen molar-refractivity contribution in [3.05, 3.63) is 77.8 Å². The molecule has 1 aliphatic rings. The first kappa shape index (κ1) is 20.0. The van der Waals surface area contributed by atoms with Gasteiger partial charge in [-0.3, -0.25) is 14.6 Å². The topological polar surface area (TPSA) is 97.6 Å². The van der Waals surface area contributed by atoms with Gasteiger partial charge in [-0.1, -0.05) is 17.7 Å². The van der Waals surface area contributed by atoms with E-state index in [1.54, 1.807) is 59.3 Å². The highest BCUT2D eigenvalue weighted by atomic mass is 35.5. The number of benzene rings is 1. The molecule has 2 N–H and O–H groups in total. The van der Waals surface area contributed by atoms with Crippen molar-refractivity contribution in [3.63, 3.8) is 0 Å². The minimum Gasteiger partial charge on any atom is -0.456 e. The van der Waals surface area contributed by atoms with Crippen molar-refractivity contribution < 1.29 is 14.3 Å². The highest BCUT2D eigenvalue weighted by Gasteiger charge is 2.30.